The topological polar surface area (TPSA) is 67.1 Å². The van der Waals surface area contributed by atoms with E-state index in [2.05, 4.69) is 44.2 Å². The molecule has 28 heavy (non-hydrogen) atoms. The van der Waals surface area contributed by atoms with Gasteiger partial charge in [-0.15, -0.1) is 34.2 Å². The Labute approximate surface area is 194 Å². The maximum atomic E-state index is 6.19. The molecule has 0 unspecified atom stereocenters. The number of hydrogen-bond acceptors (Lipinski definition) is 4. The molecule has 0 aliphatic rings. The Balaban J connectivity index is 0.00000392. The van der Waals surface area contributed by atoms with E-state index in [4.69, 9.17) is 11.6 Å². The molecule has 0 fully saturated rings. The second kappa shape index (κ2) is 13.3. The SMILES string of the molecule is CN=C(NCCCc1nnc(SC)n1CC(C)C)NCc1ccccc1Cl.I. The number of rotatable bonds is 9. The van der Waals surface area contributed by atoms with E-state index in [-0.39, 0.29) is 24.0 Å². The highest BCUT2D eigenvalue weighted by molar-refractivity contribution is 14.0. The van der Waals surface area contributed by atoms with Crippen LogP contribution in [0.15, 0.2) is 34.4 Å². The van der Waals surface area contributed by atoms with Crippen LogP contribution in [0.25, 0.3) is 0 Å². The van der Waals surface area contributed by atoms with Crippen molar-refractivity contribution >= 4 is 53.3 Å². The van der Waals surface area contributed by atoms with E-state index in [9.17, 15) is 0 Å². The summed E-state index contributed by atoms with van der Waals surface area (Å²) in [4.78, 5) is 4.27. The molecule has 0 spiro atoms. The van der Waals surface area contributed by atoms with Crippen LogP contribution in [0, 0.1) is 5.92 Å². The summed E-state index contributed by atoms with van der Waals surface area (Å²) in [5.41, 5.74) is 1.05. The van der Waals surface area contributed by atoms with Crippen molar-refractivity contribution < 1.29 is 0 Å². The van der Waals surface area contributed by atoms with Crippen LogP contribution in [-0.2, 0) is 19.5 Å². The van der Waals surface area contributed by atoms with E-state index in [0.717, 1.165) is 53.5 Å². The first-order valence-electron chi connectivity index (χ1n) is 9.19. The number of hydrogen-bond donors (Lipinski definition) is 2. The lowest BCUT2D eigenvalue weighted by Crippen LogP contribution is -2.37. The van der Waals surface area contributed by atoms with Gasteiger partial charge in [0.15, 0.2) is 11.1 Å². The lowest BCUT2D eigenvalue weighted by atomic mass is 10.2. The fraction of sp³-hybridized carbons (Fsp3) is 0.526. The van der Waals surface area contributed by atoms with Crippen molar-refractivity contribution in [3.8, 4) is 0 Å². The number of aliphatic imine (C=N–C) groups is 1. The molecule has 0 saturated carbocycles. The largest absolute Gasteiger partial charge is 0.356 e. The number of nitrogens with zero attached hydrogens (tertiary/aromatic N) is 4. The minimum absolute atomic E-state index is 0. The average molecular weight is 537 g/mol. The van der Waals surface area contributed by atoms with E-state index in [1.807, 2.05) is 30.5 Å². The van der Waals surface area contributed by atoms with Crippen LogP contribution in [0.5, 0.6) is 0 Å². The lowest BCUT2D eigenvalue weighted by Gasteiger charge is -2.13. The predicted molar refractivity (Wildman–Crippen MR) is 130 cm³/mol. The van der Waals surface area contributed by atoms with Crippen LogP contribution < -0.4 is 10.6 Å². The number of benzene rings is 1. The van der Waals surface area contributed by atoms with Crippen molar-refractivity contribution in [2.24, 2.45) is 10.9 Å². The van der Waals surface area contributed by atoms with Gasteiger partial charge in [0, 0.05) is 38.1 Å². The molecule has 0 aliphatic heterocycles. The van der Waals surface area contributed by atoms with Crippen LogP contribution in [0.1, 0.15) is 31.7 Å². The number of aryl methyl sites for hydroxylation is 1. The van der Waals surface area contributed by atoms with Crippen LogP contribution >= 0.6 is 47.3 Å². The van der Waals surface area contributed by atoms with Gasteiger partial charge in [-0.25, -0.2) is 0 Å². The third-order valence-electron chi connectivity index (χ3n) is 4.02. The Morgan fingerprint density at radius 3 is 2.64 bits per heavy atom. The Morgan fingerprint density at radius 1 is 1.25 bits per heavy atom. The van der Waals surface area contributed by atoms with Crippen molar-refractivity contribution in [3.63, 3.8) is 0 Å². The van der Waals surface area contributed by atoms with Gasteiger partial charge >= 0.3 is 0 Å². The fourth-order valence-electron chi connectivity index (χ4n) is 2.70. The van der Waals surface area contributed by atoms with Crippen molar-refractivity contribution in [1.29, 1.82) is 0 Å². The first kappa shape index (κ1) is 25.0. The van der Waals surface area contributed by atoms with E-state index in [1.165, 1.54) is 0 Å². The highest BCUT2D eigenvalue weighted by atomic mass is 127. The summed E-state index contributed by atoms with van der Waals surface area (Å²) >= 11 is 7.84. The number of halogens is 2. The van der Waals surface area contributed by atoms with Crippen LogP contribution in [-0.4, -0.2) is 40.6 Å². The van der Waals surface area contributed by atoms with Gasteiger partial charge < -0.3 is 15.2 Å². The molecule has 2 rings (SSSR count). The van der Waals surface area contributed by atoms with Gasteiger partial charge in [0.25, 0.3) is 0 Å². The monoisotopic (exact) mass is 536 g/mol. The summed E-state index contributed by atoms with van der Waals surface area (Å²) < 4.78 is 2.24. The van der Waals surface area contributed by atoms with Crippen molar-refractivity contribution in [2.45, 2.75) is 44.9 Å². The molecule has 1 aromatic heterocycles. The third kappa shape index (κ3) is 7.79. The quantitative estimate of drug-likeness (QED) is 0.165. The molecule has 6 nitrogen and oxygen atoms in total. The number of guanidine groups is 1. The summed E-state index contributed by atoms with van der Waals surface area (Å²) in [6.07, 6.45) is 3.88. The molecule has 2 aromatic rings. The molecule has 1 heterocycles. The molecule has 2 N–H and O–H groups in total. The average Bonchev–Trinajstić information content (AvgIpc) is 3.03. The van der Waals surface area contributed by atoms with Crippen molar-refractivity contribution in [3.05, 3.63) is 40.7 Å². The van der Waals surface area contributed by atoms with Crippen LogP contribution in [0.4, 0.5) is 0 Å². The van der Waals surface area contributed by atoms with Gasteiger partial charge in [0.1, 0.15) is 5.82 Å². The molecule has 0 amide bonds. The zero-order valence-electron chi connectivity index (χ0n) is 16.9. The van der Waals surface area contributed by atoms with Crippen molar-refractivity contribution in [2.75, 3.05) is 19.8 Å². The van der Waals surface area contributed by atoms with Gasteiger partial charge in [0.05, 0.1) is 0 Å². The van der Waals surface area contributed by atoms with Gasteiger partial charge in [0.2, 0.25) is 0 Å². The minimum Gasteiger partial charge on any atom is -0.356 e. The molecule has 9 heteroatoms. The summed E-state index contributed by atoms with van der Waals surface area (Å²) in [6.45, 7) is 6.83. The van der Waals surface area contributed by atoms with E-state index in [1.54, 1.807) is 18.8 Å². The van der Waals surface area contributed by atoms with E-state index >= 15 is 0 Å². The number of thioether (sulfide) groups is 1. The predicted octanol–water partition coefficient (Wildman–Crippen LogP) is 4.23. The van der Waals surface area contributed by atoms with E-state index < -0.39 is 0 Å². The summed E-state index contributed by atoms with van der Waals surface area (Å²) in [7, 11) is 1.77. The standard InChI is InChI=1S/C19H29ClN6S.HI/c1-14(2)13-26-17(24-25-19(26)27-4)10-7-11-22-18(21-3)23-12-15-8-5-6-9-16(15)20;/h5-6,8-9,14H,7,10-13H2,1-4H3,(H2,21,22,23);1H. The molecule has 1 aromatic carbocycles. The second-order valence-electron chi connectivity index (χ2n) is 6.65. The number of aromatic nitrogens is 3. The van der Waals surface area contributed by atoms with Crippen LogP contribution in [0.3, 0.4) is 0 Å². The maximum absolute atomic E-state index is 6.19. The number of nitrogens with one attached hydrogen (secondary N) is 2. The Kier molecular flexibility index (Phi) is 11.9. The third-order valence-corrected chi connectivity index (χ3v) is 5.06. The summed E-state index contributed by atoms with van der Waals surface area (Å²) in [6, 6.07) is 7.81. The molecular weight excluding hydrogens is 507 g/mol. The van der Waals surface area contributed by atoms with Gasteiger partial charge in [-0.1, -0.05) is 55.4 Å². The smallest absolute Gasteiger partial charge is 0.191 e. The van der Waals surface area contributed by atoms with Crippen LogP contribution in [0.2, 0.25) is 5.02 Å². The van der Waals surface area contributed by atoms with Gasteiger partial charge in [-0.3, -0.25) is 4.99 Å². The van der Waals surface area contributed by atoms with Crippen molar-refractivity contribution in [1.82, 2.24) is 25.4 Å². The highest BCUT2D eigenvalue weighted by Crippen LogP contribution is 2.17. The second-order valence-corrected chi connectivity index (χ2v) is 7.84. The minimum atomic E-state index is 0. The molecule has 156 valence electrons. The maximum Gasteiger partial charge on any atom is 0.191 e. The normalized spacial score (nSPS) is 11.4. The Bertz CT molecular complexity index is 750. The first-order chi connectivity index (χ1) is 13.0. The van der Waals surface area contributed by atoms with E-state index in [0.29, 0.717) is 12.5 Å². The highest BCUT2D eigenvalue weighted by Gasteiger charge is 2.12. The summed E-state index contributed by atoms with van der Waals surface area (Å²) in [5, 5.41) is 17.0. The summed E-state index contributed by atoms with van der Waals surface area (Å²) in [5.74, 6) is 2.38. The molecular formula is C19H30ClIN6S. The molecule has 0 atom stereocenters. The zero-order chi connectivity index (χ0) is 19.6. The first-order valence-corrected chi connectivity index (χ1v) is 10.8. The van der Waals surface area contributed by atoms with Gasteiger partial charge in [-0.05, 0) is 30.2 Å². The van der Waals surface area contributed by atoms with Gasteiger partial charge in [-0.2, -0.15) is 0 Å². The fourth-order valence-corrected chi connectivity index (χ4v) is 3.42. The molecule has 0 radical (unpaired) electrons. The molecule has 0 saturated heterocycles. The molecule has 0 aliphatic carbocycles. The molecule has 0 bridgehead atoms. The Morgan fingerprint density at radius 2 is 2.00 bits per heavy atom. The lowest BCUT2D eigenvalue weighted by molar-refractivity contribution is 0.477. The Hall–Kier alpha value is -1.000. The zero-order valence-corrected chi connectivity index (χ0v) is 20.8.